The van der Waals surface area contributed by atoms with Gasteiger partial charge in [0.1, 0.15) is 42.5 Å². The minimum absolute atomic E-state index is 0.0412. The molecule has 36 heteroatoms. The molecule has 0 radical (unpaired) electrons. The van der Waals surface area contributed by atoms with E-state index < -0.39 is 115 Å². The van der Waals surface area contributed by atoms with E-state index in [1.165, 1.54) is 29.2 Å². The number of anilines is 1. The zero-order valence-corrected chi connectivity index (χ0v) is 69.4. The fourth-order valence-corrected chi connectivity index (χ4v) is 15.2. The third-order valence-corrected chi connectivity index (χ3v) is 22.2. The number of nitrogens with zero attached hydrogens (tertiary/aromatic N) is 5. The molecule has 3 aromatic rings. The molecule has 7 atom stereocenters. The van der Waals surface area contributed by atoms with Gasteiger partial charge in [-0.1, -0.05) is 103 Å². The summed E-state index contributed by atoms with van der Waals surface area (Å²) in [5, 5.41) is 38.6. The smallest absolute Gasteiger partial charge is 0.326 e. The standard InChI is InChI=1S/C80H120N16O18S2/c1-9-53(4)69(73(102)91-62(75(104)105)49-52(2)3)92-71(100)61(50-54-31-33-55(97)34-32-54)90-72(101)65-27-22-43-96(65)74(103)60(25-21-37-86-76(82)83)89-70(99)59(81)24-20-38-87-77(84)93-78(106)88-40-45-114-47-46-113-44-39-85-68(98)30-14-11-17-41-95-64-36-35-56(116(110,111)112)51-58(64)80(7,8)67(95)29-13-10-12-28-66-79(5,6)57-23-15-16-26-63(57)94(66)42-18-19-48-115(107,108)109/h10,12-13,15-16,23,26,28-29,31-36,51-53,59-62,65,69H,9,11,14,17-22,24-25,27,30,37-50,81H2,1-8H3,(H16-,82,83,84,85,86,87,88,89,90,91,92,93,97,98,99,100,101,102,104,105,106,107,108,109,110,111,112)/t53-,59-,60-,61-,62-,65-,69-/m0/s1. The van der Waals surface area contributed by atoms with Crippen LogP contribution >= 0.6 is 0 Å². The van der Waals surface area contributed by atoms with E-state index in [0.29, 0.717) is 57.2 Å². The second kappa shape index (κ2) is 45.6. The topological polar surface area (TPSA) is 530 Å². The van der Waals surface area contributed by atoms with Gasteiger partial charge in [0.15, 0.2) is 17.6 Å². The maximum atomic E-state index is 14.5. The Balaban J connectivity index is 0.889. The molecular weight excluding hydrogens is 1540 g/mol. The SMILES string of the molecule is CC[C@H](C)[C@H](NC(=O)[C@H](Cc1ccc(O)cc1)NC(=O)[C@@H]1CCCN1C(=O)[C@H](CCCN=C(N)N)NC(=O)[C@@H](N)CCCN=C(N)NC(=O)NCCOCCOCCNC(=O)CCCCCN1C(=CC=CC=CC2=[N+](CCCCS(=O)(=O)[O-])c3ccccc3C2(C)C)C(C)(C)c2cc(S(=O)(=O)O)ccc21)C(=O)N[C@@H](CC(C)C)C(=O)O. The van der Waals surface area contributed by atoms with Crippen molar-refractivity contribution in [3.05, 3.63) is 119 Å². The second-order valence-electron chi connectivity index (χ2n) is 30.7. The normalized spacial score (nSPS) is 17.1. The number of phenols is 1. The monoisotopic (exact) mass is 1660 g/mol. The largest absolute Gasteiger partial charge is 0.748 e. The number of allylic oxidation sites excluding steroid dienone is 6. The van der Waals surface area contributed by atoms with Crippen LogP contribution < -0.4 is 65.1 Å². The van der Waals surface area contributed by atoms with Gasteiger partial charge in [0, 0.05) is 98.8 Å². The Morgan fingerprint density at radius 3 is 2.07 bits per heavy atom. The second-order valence-corrected chi connectivity index (χ2v) is 33.6. The molecule has 640 valence electrons. The Labute approximate surface area is 680 Å². The number of aromatic hydroxyl groups is 1. The van der Waals surface area contributed by atoms with Crippen molar-refractivity contribution in [2.24, 2.45) is 44.8 Å². The number of aliphatic carboxylic acids is 1. The lowest BCUT2D eigenvalue weighted by molar-refractivity contribution is -0.438. The van der Waals surface area contributed by atoms with Gasteiger partial charge >= 0.3 is 12.0 Å². The number of amides is 8. The van der Waals surface area contributed by atoms with Crippen LogP contribution in [0, 0.1) is 11.8 Å². The van der Waals surface area contributed by atoms with Crippen molar-refractivity contribution in [2.45, 2.75) is 204 Å². The third-order valence-electron chi connectivity index (χ3n) is 20.5. The lowest BCUT2D eigenvalue weighted by Gasteiger charge is -2.31. The van der Waals surface area contributed by atoms with E-state index in [2.05, 4.69) is 76.6 Å². The molecule has 0 unspecified atom stereocenters. The van der Waals surface area contributed by atoms with Crippen LogP contribution in [0.15, 0.2) is 118 Å². The van der Waals surface area contributed by atoms with Crippen LogP contribution in [0.25, 0.3) is 0 Å². The number of unbranched alkanes of at least 4 members (excludes halogenated alkanes) is 3. The first-order chi connectivity index (χ1) is 54.8. The lowest BCUT2D eigenvalue weighted by Crippen LogP contribution is -2.60. The number of benzene rings is 3. The van der Waals surface area contributed by atoms with Crippen LogP contribution in [0.4, 0.5) is 16.2 Å². The molecule has 0 spiro atoms. The highest BCUT2D eigenvalue weighted by molar-refractivity contribution is 7.86. The van der Waals surface area contributed by atoms with E-state index in [0.717, 1.165) is 33.9 Å². The predicted molar refractivity (Wildman–Crippen MR) is 440 cm³/mol. The Bertz CT molecular complexity index is 4300. The van der Waals surface area contributed by atoms with Crippen LogP contribution in [0.3, 0.4) is 0 Å². The summed E-state index contributed by atoms with van der Waals surface area (Å²) in [6.07, 6.45) is 14.5. The van der Waals surface area contributed by atoms with Crippen molar-refractivity contribution < 1.29 is 88.6 Å². The zero-order valence-electron chi connectivity index (χ0n) is 67.8. The van der Waals surface area contributed by atoms with Gasteiger partial charge in [-0.25, -0.2) is 18.0 Å². The van der Waals surface area contributed by atoms with Gasteiger partial charge in [0.05, 0.1) is 52.9 Å². The number of rotatable bonds is 48. The number of fused-ring (bicyclic) bond motifs is 2. The number of carbonyl (C=O) groups excluding carboxylic acids is 7. The number of carboxylic acids is 1. The van der Waals surface area contributed by atoms with Crippen LogP contribution in [0.1, 0.15) is 162 Å². The molecule has 1 saturated heterocycles. The summed E-state index contributed by atoms with van der Waals surface area (Å²) in [4.78, 5) is 119. The molecule has 3 aliphatic rings. The van der Waals surface area contributed by atoms with E-state index >= 15 is 0 Å². The summed E-state index contributed by atoms with van der Waals surface area (Å²) in [7, 11) is -8.81. The van der Waals surface area contributed by atoms with E-state index in [4.69, 9.17) is 32.4 Å². The first kappa shape index (κ1) is 95.0. The minimum Gasteiger partial charge on any atom is -0.748 e. The van der Waals surface area contributed by atoms with Gasteiger partial charge in [-0.05, 0) is 137 Å². The Morgan fingerprint density at radius 2 is 1.41 bits per heavy atom. The molecule has 0 aromatic heterocycles. The zero-order chi connectivity index (χ0) is 85.5. The van der Waals surface area contributed by atoms with Crippen molar-refractivity contribution in [2.75, 3.05) is 82.9 Å². The fourth-order valence-electron chi connectivity index (χ4n) is 14.1. The number of carbonyl (C=O) groups is 8. The molecule has 116 heavy (non-hydrogen) atoms. The molecule has 18 N–H and O–H groups in total. The molecule has 8 amide bonds. The van der Waals surface area contributed by atoms with Crippen LogP contribution in [0.5, 0.6) is 5.75 Å². The molecular formula is C80H120N16O18S2. The first-order valence-electron chi connectivity index (χ1n) is 39.6. The Kier molecular flexibility index (Phi) is 37.3. The maximum absolute atomic E-state index is 14.5. The molecule has 0 aliphatic carbocycles. The van der Waals surface area contributed by atoms with Gasteiger partial charge < -0.3 is 88.9 Å². The number of hydrogen-bond acceptors (Lipinski definition) is 20. The summed E-state index contributed by atoms with van der Waals surface area (Å²) in [5.41, 5.74) is 28.5. The first-order valence-corrected chi connectivity index (χ1v) is 42.6. The van der Waals surface area contributed by atoms with Crippen LogP contribution in [0.2, 0.25) is 0 Å². The van der Waals surface area contributed by atoms with Gasteiger partial charge in [0.25, 0.3) is 10.1 Å². The van der Waals surface area contributed by atoms with Gasteiger partial charge in [0.2, 0.25) is 41.1 Å². The highest BCUT2D eigenvalue weighted by Crippen LogP contribution is 2.49. The number of aliphatic imine (C=N–C) groups is 2. The van der Waals surface area contributed by atoms with Crippen molar-refractivity contribution in [1.29, 1.82) is 0 Å². The highest BCUT2D eigenvalue weighted by atomic mass is 32.2. The highest BCUT2D eigenvalue weighted by Gasteiger charge is 2.45. The molecule has 3 aromatic carbocycles. The Morgan fingerprint density at radius 1 is 0.733 bits per heavy atom. The number of ether oxygens (including phenoxy) is 2. The molecule has 0 bridgehead atoms. The van der Waals surface area contributed by atoms with E-state index in [9.17, 15) is 74.5 Å². The molecule has 6 rings (SSSR count). The number of nitrogens with two attached hydrogens (primary N) is 4. The summed E-state index contributed by atoms with van der Waals surface area (Å²) < 4.78 is 81.8. The number of guanidine groups is 2. The average Bonchev–Trinajstić information content (AvgIpc) is 1.59. The van der Waals surface area contributed by atoms with Gasteiger partial charge in [-0.15, -0.1) is 0 Å². The minimum atomic E-state index is -4.48. The van der Waals surface area contributed by atoms with Crippen LogP contribution in [-0.2, 0) is 80.5 Å². The molecule has 0 saturated carbocycles. The summed E-state index contributed by atoms with van der Waals surface area (Å²) in [5.74, 6) is -6.21. The quantitative estimate of drug-likeness (QED) is 0.00949. The number of likely N-dealkylation sites (tertiary alicyclic amines) is 1. The van der Waals surface area contributed by atoms with Gasteiger partial charge in [-0.2, -0.15) is 13.0 Å². The maximum Gasteiger partial charge on any atom is 0.326 e. The van der Waals surface area contributed by atoms with E-state index in [-0.39, 0.29) is 157 Å². The van der Waals surface area contributed by atoms with E-state index in [1.807, 2.05) is 76.3 Å². The van der Waals surface area contributed by atoms with Crippen molar-refractivity contribution in [1.82, 2.24) is 42.1 Å². The van der Waals surface area contributed by atoms with Gasteiger partial charge in [-0.3, -0.25) is 48.6 Å². The number of carboxylic acid groups (broad SMARTS) is 1. The number of phenolic OH excluding ortho intramolecular Hbond substituents is 1. The molecule has 34 nitrogen and oxygen atoms in total. The number of nitrogens with one attached hydrogen (secondary N) is 7. The Hall–Kier alpha value is -9.85. The number of para-hydroxylation sites is 1. The predicted octanol–water partition coefficient (Wildman–Crippen LogP) is 3.97. The average molecular weight is 1660 g/mol. The molecule has 1 fully saturated rings. The lowest BCUT2D eigenvalue weighted by atomic mass is 9.81. The third kappa shape index (κ3) is 29.7. The molecule has 3 heterocycles. The van der Waals surface area contributed by atoms with Crippen molar-refractivity contribution in [3.8, 4) is 5.75 Å². The van der Waals surface area contributed by atoms with Crippen LogP contribution in [-0.4, -0.2) is 225 Å². The number of urea groups is 1. The fraction of sp³-hybridized carbons (Fsp3) is 0.562. The van der Waals surface area contributed by atoms with E-state index in [1.54, 1.807) is 32.0 Å². The van der Waals surface area contributed by atoms with Crippen molar-refractivity contribution >= 4 is 96.7 Å². The molecule has 3 aliphatic heterocycles. The summed E-state index contributed by atoms with van der Waals surface area (Å²) >= 11 is 0. The summed E-state index contributed by atoms with van der Waals surface area (Å²) in [6, 6.07) is 10.8. The summed E-state index contributed by atoms with van der Waals surface area (Å²) in [6.45, 7) is 18.0. The number of hydrogen-bond donors (Lipinski definition) is 14. The van der Waals surface area contributed by atoms with Crippen molar-refractivity contribution in [3.63, 3.8) is 0 Å².